The highest BCUT2D eigenvalue weighted by molar-refractivity contribution is 7.90. The predicted octanol–water partition coefficient (Wildman–Crippen LogP) is 9.27. The van der Waals surface area contributed by atoms with E-state index in [0.717, 1.165) is 73.4 Å². The molecule has 2 amide bonds. The summed E-state index contributed by atoms with van der Waals surface area (Å²) in [4.78, 5) is 78.3. The summed E-state index contributed by atoms with van der Waals surface area (Å²) in [5, 5.41) is 16.5. The number of phosphoric ester groups is 1. The fraction of sp³-hybridized carbons (Fsp3) is 0.467. The van der Waals surface area contributed by atoms with E-state index in [-0.39, 0.29) is 79.3 Å². The zero-order valence-electron chi connectivity index (χ0n) is 48.2. The summed E-state index contributed by atoms with van der Waals surface area (Å²) >= 11 is 0. The third kappa shape index (κ3) is 11.2. The number of aryl methyl sites for hydroxylation is 1. The van der Waals surface area contributed by atoms with Crippen LogP contribution in [0.4, 0.5) is 43.4 Å². The lowest BCUT2D eigenvalue weighted by molar-refractivity contribution is -0.384. The van der Waals surface area contributed by atoms with Crippen LogP contribution >= 0.6 is 7.82 Å². The Morgan fingerprint density at radius 3 is 2.52 bits per heavy atom. The number of pyridine rings is 2. The molecular formula is C60H68FN10O14PS. The van der Waals surface area contributed by atoms with Gasteiger partial charge in [-0.05, 0) is 138 Å². The van der Waals surface area contributed by atoms with Gasteiger partial charge in [0.05, 0.1) is 53.0 Å². The monoisotopic (exact) mass is 1230 g/mol. The summed E-state index contributed by atoms with van der Waals surface area (Å²) in [6.45, 7) is 6.08. The third-order valence-electron chi connectivity index (χ3n) is 19.1. The molecule has 3 saturated heterocycles. The number of phosphoric acid groups is 1. The van der Waals surface area contributed by atoms with E-state index in [1.165, 1.54) is 49.3 Å². The van der Waals surface area contributed by atoms with Gasteiger partial charge in [0.15, 0.2) is 11.4 Å². The van der Waals surface area contributed by atoms with E-state index in [4.69, 9.17) is 23.9 Å². The number of aromatic amines is 1. The third-order valence-corrected chi connectivity index (χ3v) is 20.9. The van der Waals surface area contributed by atoms with Gasteiger partial charge in [0.1, 0.15) is 41.1 Å². The first-order chi connectivity index (χ1) is 41.6. The maximum atomic E-state index is 17.2. The molecule has 0 unspecified atom stereocenters. The second-order valence-corrected chi connectivity index (χ2v) is 27.5. The number of ether oxygens (including phenoxy) is 4. The van der Waals surface area contributed by atoms with Crippen molar-refractivity contribution in [2.75, 3.05) is 66.5 Å². The minimum absolute atomic E-state index is 0.000506. The van der Waals surface area contributed by atoms with Crippen LogP contribution in [0, 0.1) is 22.5 Å². The number of hydrogen-bond donors (Lipinski definition) is 5. The van der Waals surface area contributed by atoms with Crippen LogP contribution in [0.2, 0.25) is 0 Å². The van der Waals surface area contributed by atoms with Crippen molar-refractivity contribution in [2.45, 2.75) is 131 Å². The standard InChI is InChI=1S/C60H68FN10O14PS/c1-36-8-4-5-10-42(36)44-11-7-23-69(44)40-30-59(31-40)19-24-68(25-20-59)39-12-13-43(45(27-39)70-47-26-37-14-22-62-53(37)65-56(47)84-50-34-81-33-48(50)70)55(72)66-87(79,80)41-28-46(71(74)75)52-49(29-41)82-35-51(64-52)60(61)17-15-58(2,16-18-60)85-57(73)67(3)54-38(9-6-21-63-54)32-83-86(76,77)78/h4-6,8-10,12-14,21-22,26-29,40,44,48,50-51,64H,7,11,15-20,23-25,30-35H2,1-3H3,(H,62,65)(H,66,72)(H2,76,77,78)/t44-,48+,50+,51-,58?,60?/m0/s1. The zero-order valence-corrected chi connectivity index (χ0v) is 49.9. The number of fused-ring (bicyclic) bond motifs is 4. The van der Waals surface area contributed by atoms with E-state index in [0.29, 0.717) is 35.0 Å². The van der Waals surface area contributed by atoms with Gasteiger partial charge in [-0.1, -0.05) is 30.3 Å². The van der Waals surface area contributed by atoms with Crippen LogP contribution < -0.4 is 34.2 Å². The van der Waals surface area contributed by atoms with Crippen LogP contribution in [-0.4, -0.2) is 137 Å². The number of amides is 2. The lowest BCUT2D eigenvalue weighted by atomic mass is 9.59. The lowest BCUT2D eigenvalue weighted by Crippen LogP contribution is -2.55. The Morgan fingerprint density at radius 1 is 0.977 bits per heavy atom. The van der Waals surface area contributed by atoms with E-state index in [1.54, 1.807) is 19.2 Å². The number of carbonyl (C=O) groups is 2. The molecule has 13 rings (SSSR count). The van der Waals surface area contributed by atoms with Crippen molar-refractivity contribution in [1.82, 2.24) is 24.6 Å². The van der Waals surface area contributed by atoms with Crippen molar-refractivity contribution in [3.63, 3.8) is 0 Å². The molecule has 0 bridgehead atoms. The molecule has 6 aromatic rings. The van der Waals surface area contributed by atoms with Gasteiger partial charge in [0, 0.05) is 73.4 Å². The van der Waals surface area contributed by atoms with Crippen LogP contribution in [0.5, 0.6) is 11.6 Å². The summed E-state index contributed by atoms with van der Waals surface area (Å²) < 4.78 is 88.7. The Hall–Kier alpha value is -7.45. The fourth-order valence-corrected chi connectivity index (χ4v) is 15.5. The number of nitro groups is 1. The average Bonchev–Trinajstić information content (AvgIpc) is 1.79. The fourth-order valence-electron chi connectivity index (χ4n) is 14.2. The molecule has 27 heteroatoms. The molecule has 87 heavy (non-hydrogen) atoms. The first-order valence-electron chi connectivity index (χ1n) is 29.4. The van der Waals surface area contributed by atoms with Gasteiger partial charge in [-0.3, -0.25) is 29.2 Å². The topological polar surface area (TPSA) is 294 Å². The summed E-state index contributed by atoms with van der Waals surface area (Å²) in [7, 11) is -8.38. The number of aromatic nitrogens is 3. The number of rotatable bonds is 14. The number of hydrogen-bond acceptors (Lipinski definition) is 18. The number of nitrogens with zero attached hydrogens (tertiary/aromatic N) is 7. The number of alkyl halides is 1. The SMILES string of the molecule is Cc1ccccc1[C@@H]1CCCN1C1CC2(CCN(c3ccc(C(=O)NS(=O)(=O)c4cc5c(c([N+](=O)[O-])c4)N[C@H](C4(F)CCC(C)(OC(=O)N(C)c6ncccc6COP(=O)(O)O)CC4)CO5)c(N4c5cc6cc[nH]c6nc5O[C@@H]5COC[C@H]54)c3)CC2)C1. The number of carbonyl (C=O) groups excluding carboxylic acids is 2. The minimum Gasteiger partial charge on any atom is -0.489 e. The number of benzene rings is 3. The predicted molar refractivity (Wildman–Crippen MR) is 318 cm³/mol. The largest absolute Gasteiger partial charge is 0.489 e. The molecule has 24 nitrogen and oxygen atoms in total. The molecule has 5 fully saturated rings. The number of anilines is 5. The molecule has 8 heterocycles. The van der Waals surface area contributed by atoms with E-state index in [9.17, 15) is 42.5 Å². The molecule has 5 aliphatic heterocycles. The molecule has 1 spiro atoms. The number of H-pyrrole nitrogens is 1. The van der Waals surface area contributed by atoms with Gasteiger partial charge in [0.2, 0.25) is 5.88 Å². The Bertz CT molecular complexity index is 3860. The number of nitro benzene ring substituents is 1. The first kappa shape index (κ1) is 58.6. The van der Waals surface area contributed by atoms with Gasteiger partial charge in [-0.25, -0.2) is 31.9 Å². The van der Waals surface area contributed by atoms with Crippen molar-refractivity contribution >= 4 is 75.1 Å². The Kier molecular flexibility index (Phi) is 15.0. The molecule has 4 atom stereocenters. The molecule has 2 saturated carbocycles. The highest BCUT2D eigenvalue weighted by Crippen LogP contribution is 2.55. The van der Waals surface area contributed by atoms with E-state index in [1.807, 2.05) is 29.2 Å². The highest BCUT2D eigenvalue weighted by Gasteiger charge is 2.52. The van der Waals surface area contributed by atoms with Gasteiger partial charge in [-0.15, -0.1) is 0 Å². The van der Waals surface area contributed by atoms with Crippen LogP contribution in [0.15, 0.2) is 96.2 Å². The molecule has 5 N–H and O–H groups in total. The minimum atomic E-state index is -4.89. The number of sulfonamides is 1. The Balaban J connectivity index is 0.724. The second-order valence-electron chi connectivity index (χ2n) is 24.5. The molecule has 460 valence electrons. The average molecular weight is 1240 g/mol. The van der Waals surface area contributed by atoms with Crippen molar-refractivity contribution in [1.29, 1.82) is 0 Å². The maximum absolute atomic E-state index is 17.2. The van der Waals surface area contributed by atoms with Crippen LogP contribution in [0.1, 0.15) is 104 Å². The van der Waals surface area contributed by atoms with Crippen molar-refractivity contribution in [3.05, 3.63) is 124 Å². The number of piperidine rings is 1. The summed E-state index contributed by atoms with van der Waals surface area (Å²) in [5.41, 5.74) is 1.36. The molecular weight excluding hydrogens is 1170 g/mol. The van der Waals surface area contributed by atoms with Gasteiger partial charge < -0.3 is 48.8 Å². The maximum Gasteiger partial charge on any atom is 0.469 e. The zero-order chi connectivity index (χ0) is 60.8. The summed E-state index contributed by atoms with van der Waals surface area (Å²) in [5.74, 6) is -0.923. The van der Waals surface area contributed by atoms with Crippen molar-refractivity contribution in [3.8, 4) is 11.6 Å². The van der Waals surface area contributed by atoms with Gasteiger partial charge in [0.25, 0.3) is 21.6 Å². The molecule has 3 aromatic heterocycles. The number of nitrogens with one attached hydrogen (secondary N) is 3. The van der Waals surface area contributed by atoms with Crippen molar-refractivity contribution < 1.29 is 65.1 Å². The van der Waals surface area contributed by atoms with Crippen LogP contribution in [-0.2, 0) is 35.2 Å². The molecule has 2 aliphatic carbocycles. The lowest BCUT2D eigenvalue weighted by Gasteiger charge is -2.56. The molecule has 0 radical (unpaired) electrons. The quantitative estimate of drug-likeness (QED) is 0.0385. The van der Waals surface area contributed by atoms with Crippen molar-refractivity contribution in [2.24, 2.45) is 5.41 Å². The van der Waals surface area contributed by atoms with Gasteiger partial charge >= 0.3 is 13.9 Å². The van der Waals surface area contributed by atoms with E-state index in [2.05, 4.69) is 65.5 Å². The summed E-state index contributed by atoms with van der Waals surface area (Å²) in [6, 6.07) is 22.1. The van der Waals surface area contributed by atoms with Crippen LogP contribution in [0.25, 0.3) is 11.0 Å². The van der Waals surface area contributed by atoms with E-state index < -0.39 is 81.4 Å². The normalized spacial score (nSPS) is 25.3. The Morgan fingerprint density at radius 2 is 1.76 bits per heavy atom. The van der Waals surface area contributed by atoms with Gasteiger partial charge in [-0.2, -0.15) is 4.98 Å². The molecule has 3 aromatic carbocycles. The number of halogens is 1. The number of likely N-dealkylation sites (tertiary alicyclic amines) is 1. The van der Waals surface area contributed by atoms with Crippen LogP contribution in [0.3, 0.4) is 0 Å². The Labute approximate surface area is 501 Å². The molecule has 7 aliphatic rings. The van der Waals surface area contributed by atoms with E-state index >= 15 is 4.39 Å². The smallest absolute Gasteiger partial charge is 0.469 e. The highest BCUT2D eigenvalue weighted by atomic mass is 32.2. The summed E-state index contributed by atoms with van der Waals surface area (Å²) in [6.07, 6.45) is 8.13. The second kappa shape index (κ2) is 22.3. The first-order valence-corrected chi connectivity index (χ1v) is 32.4.